The van der Waals surface area contributed by atoms with Crippen LogP contribution in [0.2, 0.25) is 0 Å². The molecule has 1 fully saturated rings. The molecule has 4 nitrogen and oxygen atoms in total. The van der Waals surface area contributed by atoms with Crippen molar-refractivity contribution in [3.63, 3.8) is 0 Å². The van der Waals surface area contributed by atoms with E-state index < -0.39 is 20.8 Å². The Morgan fingerprint density at radius 2 is 2.05 bits per heavy atom. The van der Waals surface area contributed by atoms with E-state index in [9.17, 15) is 17.6 Å². The van der Waals surface area contributed by atoms with Crippen LogP contribution >= 0.6 is 10.7 Å². The lowest BCUT2D eigenvalue weighted by Crippen LogP contribution is -2.27. The molecule has 1 aromatic rings. The maximum absolute atomic E-state index is 13.8. The quantitative estimate of drug-likeness (QED) is 0.862. The maximum atomic E-state index is 13.8. The van der Waals surface area contributed by atoms with Crippen LogP contribution in [0.4, 0.5) is 4.39 Å². The molecule has 0 aromatic heterocycles. The largest absolute Gasteiger partial charge is 0.352 e. The van der Waals surface area contributed by atoms with Gasteiger partial charge in [0.1, 0.15) is 5.82 Å². The van der Waals surface area contributed by atoms with Crippen LogP contribution in [0.5, 0.6) is 0 Å². The molecule has 0 bridgehead atoms. The highest BCUT2D eigenvalue weighted by Gasteiger charge is 2.45. The Kier molecular flexibility index (Phi) is 4.06. The lowest BCUT2D eigenvalue weighted by molar-refractivity contribution is 0.0950. The summed E-state index contributed by atoms with van der Waals surface area (Å²) in [5.41, 5.74) is 0.0804. The number of rotatable bonds is 4. The molecule has 116 valence electrons. The van der Waals surface area contributed by atoms with Crippen LogP contribution in [0.25, 0.3) is 0 Å². The second-order valence-electron chi connectivity index (χ2n) is 6.12. The fraction of sp³-hybridized carbons (Fsp3) is 0.500. The average molecular weight is 334 g/mol. The Morgan fingerprint density at radius 1 is 1.48 bits per heavy atom. The highest BCUT2D eigenvalue weighted by molar-refractivity contribution is 8.13. The van der Waals surface area contributed by atoms with Gasteiger partial charge in [0.05, 0.1) is 4.90 Å². The number of amides is 1. The maximum Gasteiger partial charge on any atom is 0.261 e. The van der Waals surface area contributed by atoms with E-state index in [2.05, 4.69) is 19.2 Å². The van der Waals surface area contributed by atoms with Gasteiger partial charge in [0.25, 0.3) is 15.0 Å². The molecule has 7 heteroatoms. The minimum absolute atomic E-state index is 0.0456. The summed E-state index contributed by atoms with van der Waals surface area (Å²) in [7, 11) is 1.16. The summed E-state index contributed by atoms with van der Waals surface area (Å²) in [6, 6.07) is 2.13. The van der Waals surface area contributed by atoms with Gasteiger partial charge in [0.15, 0.2) is 0 Å². The van der Waals surface area contributed by atoms with Gasteiger partial charge in [-0.1, -0.05) is 13.8 Å². The van der Waals surface area contributed by atoms with E-state index in [0.29, 0.717) is 12.5 Å². The summed E-state index contributed by atoms with van der Waals surface area (Å²) < 4.78 is 36.6. The molecule has 1 atom stereocenters. The molecule has 1 aliphatic rings. The summed E-state index contributed by atoms with van der Waals surface area (Å²) in [5.74, 6) is -0.875. The van der Waals surface area contributed by atoms with Crippen LogP contribution in [-0.2, 0) is 9.05 Å². The van der Waals surface area contributed by atoms with Gasteiger partial charge < -0.3 is 5.32 Å². The van der Waals surface area contributed by atoms with E-state index in [0.717, 1.165) is 18.6 Å². The standard InChI is InChI=1S/C14H17ClFNO3S/c1-8-11(16)4-9(5-12(8)21(15,19)20)13(18)17-7-10-6-14(10,2)3/h4-5,10H,6-7H2,1-3H3,(H,17,18). The van der Waals surface area contributed by atoms with Crippen molar-refractivity contribution in [2.75, 3.05) is 6.54 Å². The molecule has 2 rings (SSSR count). The van der Waals surface area contributed by atoms with Crippen molar-refractivity contribution in [3.05, 3.63) is 29.1 Å². The highest BCUT2D eigenvalue weighted by atomic mass is 35.7. The number of hydrogen-bond donors (Lipinski definition) is 1. The SMILES string of the molecule is Cc1c(F)cc(C(=O)NCC2CC2(C)C)cc1S(=O)(=O)Cl. The predicted octanol–water partition coefficient (Wildman–Crippen LogP) is 2.84. The molecule has 1 unspecified atom stereocenters. The van der Waals surface area contributed by atoms with Crippen LogP contribution in [0.1, 0.15) is 36.2 Å². The fourth-order valence-corrected chi connectivity index (χ4v) is 3.49. The minimum atomic E-state index is -4.10. The van der Waals surface area contributed by atoms with E-state index in [1.54, 1.807) is 0 Å². The first-order valence-corrected chi connectivity index (χ1v) is 8.86. The normalized spacial score (nSPS) is 20.1. The van der Waals surface area contributed by atoms with Crippen LogP contribution in [0.3, 0.4) is 0 Å². The van der Waals surface area contributed by atoms with Gasteiger partial charge in [-0.25, -0.2) is 12.8 Å². The van der Waals surface area contributed by atoms with E-state index in [1.807, 2.05) is 0 Å². The molecular weight excluding hydrogens is 317 g/mol. The number of benzene rings is 1. The molecule has 0 heterocycles. The molecule has 1 aromatic carbocycles. The van der Waals surface area contributed by atoms with Gasteiger partial charge in [-0.15, -0.1) is 0 Å². The molecule has 0 saturated heterocycles. The average Bonchev–Trinajstić information content (AvgIpc) is 2.95. The zero-order valence-corrected chi connectivity index (χ0v) is 13.6. The highest BCUT2D eigenvalue weighted by Crippen LogP contribution is 2.50. The Balaban J connectivity index is 2.20. The van der Waals surface area contributed by atoms with Crippen LogP contribution in [0, 0.1) is 24.1 Å². The summed E-state index contributed by atoms with van der Waals surface area (Å²) in [6.07, 6.45) is 1.02. The Labute approximate surface area is 128 Å². The summed E-state index contributed by atoms with van der Waals surface area (Å²) >= 11 is 0. The molecule has 1 saturated carbocycles. The van der Waals surface area contributed by atoms with Crippen molar-refractivity contribution >= 4 is 25.6 Å². The van der Waals surface area contributed by atoms with E-state index in [1.165, 1.54) is 6.92 Å². The van der Waals surface area contributed by atoms with Crippen molar-refractivity contribution in [1.29, 1.82) is 0 Å². The molecule has 1 N–H and O–H groups in total. The van der Waals surface area contributed by atoms with Gasteiger partial charge in [-0.05, 0) is 36.8 Å². The Morgan fingerprint density at radius 3 is 2.52 bits per heavy atom. The monoisotopic (exact) mass is 333 g/mol. The van der Waals surface area contributed by atoms with Crippen molar-refractivity contribution in [2.45, 2.75) is 32.1 Å². The Bertz CT molecular complexity index is 700. The molecule has 1 amide bonds. The summed E-state index contributed by atoms with van der Waals surface area (Å²) in [6.45, 7) is 6.00. The number of hydrogen-bond acceptors (Lipinski definition) is 3. The van der Waals surface area contributed by atoms with Gasteiger partial charge in [0.2, 0.25) is 0 Å². The third kappa shape index (κ3) is 3.55. The molecule has 0 radical (unpaired) electrons. The number of carbonyl (C=O) groups excluding carboxylic acids is 1. The third-order valence-electron chi connectivity index (χ3n) is 4.05. The number of carbonyl (C=O) groups is 1. The Hall–Kier alpha value is -1.14. The van der Waals surface area contributed by atoms with Crippen molar-refractivity contribution in [2.24, 2.45) is 11.3 Å². The second kappa shape index (κ2) is 5.25. The first-order valence-electron chi connectivity index (χ1n) is 6.55. The van der Waals surface area contributed by atoms with Crippen molar-refractivity contribution in [1.82, 2.24) is 5.32 Å². The third-order valence-corrected chi connectivity index (χ3v) is 5.50. The second-order valence-corrected chi connectivity index (χ2v) is 8.65. The molecular formula is C14H17ClFNO3S. The predicted molar refractivity (Wildman–Crippen MR) is 78.4 cm³/mol. The molecule has 1 aliphatic carbocycles. The van der Waals surface area contributed by atoms with Crippen LogP contribution in [-0.4, -0.2) is 20.9 Å². The lowest BCUT2D eigenvalue weighted by Gasteiger charge is -2.09. The molecule has 0 aliphatic heterocycles. The van der Waals surface area contributed by atoms with Gasteiger partial charge >= 0.3 is 0 Å². The smallest absolute Gasteiger partial charge is 0.261 e. The van der Waals surface area contributed by atoms with E-state index in [-0.39, 0.29) is 21.4 Å². The topological polar surface area (TPSA) is 63.2 Å². The zero-order chi connectivity index (χ0) is 16.0. The van der Waals surface area contributed by atoms with Gasteiger partial charge in [-0.3, -0.25) is 4.79 Å². The van der Waals surface area contributed by atoms with Crippen LogP contribution in [0.15, 0.2) is 17.0 Å². The molecule has 21 heavy (non-hydrogen) atoms. The van der Waals surface area contributed by atoms with Gasteiger partial charge in [-0.2, -0.15) is 0 Å². The minimum Gasteiger partial charge on any atom is -0.352 e. The van der Waals surface area contributed by atoms with Crippen molar-refractivity contribution < 1.29 is 17.6 Å². The first kappa shape index (κ1) is 16.2. The summed E-state index contributed by atoms with van der Waals surface area (Å²) in [4.78, 5) is 11.6. The van der Waals surface area contributed by atoms with Crippen LogP contribution < -0.4 is 5.32 Å². The summed E-state index contributed by atoms with van der Waals surface area (Å²) in [5, 5.41) is 2.70. The first-order chi connectivity index (χ1) is 9.52. The van der Waals surface area contributed by atoms with E-state index >= 15 is 0 Å². The van der Waals surface area contributed by atoms with Gasteiger partial charge in [0, 0.05) is 28.4 Å². The number of nitrogens with one attached hydrogen (secondary N) is 1. The molecule has 0 spiro atoms. The zero-order valence-electron chi connectivity index (χ0n) is 12.0. The number of halogens is 2. The van der Waals surface area contributed by atoms with E-state index in [4.69, 9.17) is 10.7 Å². The lowest BCUT2D eigenvalue weighted by atomic mass is 10.1. The fourth-order valence-electron chi connectivity index (χ4n) is 2.28. The van der Waals surface area contributed by atoms with Crippen molar-refractivity contribution in [3.8, 4) is 0 Å².